The van der Waals surface area contributed by atoms with Crippen LogP contribution < -0.4 is 0 Å². The second kappa shape index (κ2) is 32.0. The van der Waals surface area contributed by atoms with Crippen LogP contribution in [-0.4, -0.2) is 34.3 Å². The van der Waals surface area contributed by atoms with E-state index in [4.69, 9.17) is 5.11 Å². The van der Waals surface area contributed by atoms with Gasteiger partial charge in [-0.15, -0.1) is 0 Å². The van der Waals surface area contributed by atoms with Crippen molar-refractivity contribution in [3.05, 3.63) is 12.2 Å². The molecule has 0 aromatic carbocycles. The molecule has 3 atom stereocenters. The fourth-order valence-electron chi connectivity index (χ4n) is 14.0. The molecule has 0 aliphatic heterocycles. The lowest BCUT2D eigenvalue weighted by molar-refractivity contribution is -0.0289. The monoisotopic (exact) mass is 1130 g/mol. The zero-order valence-corrected chi connectivity index (χ0v) is 59.6. The summed E-state index contributed by atoms with van der Waals surface area (Å²) in [5, 5.41) is 18.3. The van der Waals surface area contributed by atoms with Gasteiger partial charge in [0, 0.05) is 6.61 Å². The molecular formula is C76H148F2O2. The van der Waals surface area contributed by atoms with Crippen molar-refractivity contribution in [1.29, 1.82) is 0 Å². The van der Waals surface area contributed by atoms with Gasteiger partial charge in [-0.1, -0.05) is 224 Å². The maximum absolute atomic E-state index is 13.4. The maximum atomic E-state index is 13.4. The molecular weight excluding hydrogens is 983 g/mol. The zero-order valence-electron chi connectivity index (χ0n) is 59.6. The Morgan fingerprint density at radius 2 is 0.750 bits per heavy atom. The van der Waals surface area contributed by atoms with Gasteiger partial charge in [-0.2, -0.15) is 0 Å². The normalized spacial score (nSPS) is 31.1. The Morgan fingerprint density at radius 3 is 0.988 bits per heavy atom. The van der Waals surface area contributed by atoms with Gasteiger partial charge in [-0.05, 0) is 238 Å². The van der Waals surface area contributed by atoms with Crippen molar-refractivity contribution >= 4 is 0 Å². The van der Waals surface area contributed by atoms with E-state index in [-0.39, 0.29) is 11.5 Å². The van der Waals surface area contributed by atoms with Gasteiger partial charge in [0.2, 0.25) is 0 Å². The Labute approximate surface area is 502 Å². The molecule has 0 saturated heterocycles. The van der Waals surface area contributed by atoms with E-state index in [0.29, 0.717) is 55.8 Å². The Kier molecular flexibility index (Phi) is 31.0. The maximum Gasteiger partial charge on any atom is 0.108 e. The van der Waals surface area contributed by atoms with Crippen molar-refractivity contribution in [2.45, 2.75) is 371 Å². The predicted octanol–water partition coefficient (Wildman–Crippen LogP) is 24.8. The molecule has 8 rings (SSSR count). The molecule has 2 nitrogen and oxygen atoms in total. The summed E-state index contributed by atoms with van der Waals surface area (Å²) in [6.45, 7) is 61.4. The van der Waals surface area contributed by atoms with Crippen molar-refractivity contribution < 1.29 is 19.0 Å². The molecule has 8 aliphatic rings. The zero-order chi connectivity index (χ0) is 62.2. The van der Waals surface area contributed by atoms with Crippen LogP contribution in [0.1, 0.15) is 354 Å². The topological polar surface area (TPSA) is 40.5 Å². The third kappa shape index (κ3) is 31.2. The van der Waals surface area contributed by atoms with E-state index < -0.39 is 11.3 Å². The molecule has 7 saturated carbocycles. The van der Waals surface area contributed by atoms with Crippen LogP contribution in [0.25, 0.3) is 0 Å². The van der Waals surface area contributed by atoms with Crippen LogP contribution in [0.15, 0.2) is 12.2 Å². The average Bonchev–Trinajstić information content (AvgIpc) is 4.24. The standard InChI is InChI=1S/C11H21F.C11H22.C10H20O.C10H20.C10H18.C9H17F.C8H16O.C7H14/c1-10(2,3)9-5-7-11(4,12)8-6-9;1-9-7-5-6-8-10(9)11(2,3)4;1-10(2,3)8-4-6-9(11)7-5-8;2*1-10(2,3)9-7-5-4-6-8-9;1-8(2,3)7-5-9(4,10)6-7;1-7(2,3)8(6-9)4-5-8;1-7(2,3)6-4-5-6/h9H,5-8H2,1-4H3;9-10H,5-8H2,1-4H3;8-9,11H,4-7H2,1-3H3;9H,4-8H2,1-3H3;4-5,9H,6-8H2,1-3H3;7H,5-6H2,1-4H3;9H,4-6H2,1-3H3;6H,4-5H2,1-3H3. The van der Waals surface area contributed by atoms with E-state index in [9.17, 15) is 13.9 Å². The summed E-state index contributed by atoms with van der Waals surface area (Å²) in [6.07, 6.45) is 36.9. The summed E-state index contributed by atoms with van der Waals surface area (Å²) in [5.41, 5.74) is 2.24. The lowest BCUT2D eigenvalue weighted by Crippen LogP contribution is -2.43. The molecule has 0 spiro atoms. The second-order valence-corrected chi connectivity index (χ2v) is 37.4. The van der Waals surface area contributed by atoms with Crippen LogP contribution in [0.4, 0.5) is 8.78 Å². The minimum Gasteiger partial charge on any atom is -0.396 e. The predicted molar refractivity (Wildman–Crippen MR) is 353 cm³/mol. The molecule has 0 heterocycles. The minimum absolute atomic E-state index is 0.00593. The van der Waals surface area contributed by atoms with E-state index in [2.05, 4.69) is 185 Å². The van der Waals surface area contributed by atoms with E-state index in [0.717, 1.165) is 92.8 Å². The molecule has 0 aromatic rings. The first kappa shape index (κ1) is 77.5. The SMILES string of the molecule is CC(C)(C)C1(CO)CC1.CC(C)(C)C1CC1.CC(C)(C)C1CC=CCC1.CC(C)(C)C1CCC(O)CC1.CC(C)(C)C1CCCCC1.CC1(F)CC(C(C)(C)C)C1.CC1(F)CCC(C(C)(C)C)CC1.CC1CCCCC1C(C)(C)C. The first-order valence-corrected chi connectivity index (χ1v) is 34.3. The summed E-state index contributed by atoms with van der Waals surface area (Å²) in [7, 11) is 0. The highest BCUT2D eigenvalue weighted by atomic mass is 19.1. The molecule has 80 heavy (non-hydrogen) atoms. The third-order valence-electron chi connectivity index (χ3n) is 21.8. The molecule has 7 fully saturated rings. The molecule has 0 amide bonds. The first-order chi connectivity index (χ1) is 36.0. The largest absolute Gasteiger partial charge is 0.396 e. The first-order valence-electron chi connectivity index (χ1n) is 34.3. The number of halogens is 2. The van der Waals surface area contributed by atoms with Gasteiger partial charge in [0.15, 0.2) is 0 Å². The fraction of sp³-hybridized carbons (Fsp3) is 0.974. The van der Waals surface area contributed by atoms with Gasteiger partial charge < -0.3 is 10.2 Å². The number of hydrogen-bond acceptors (Lipinski definition) is 2. The van der Waals surface area contributed by atoms with E-state index in [1.807, 2.05) is 0 Å². The number of hydrogen-bond donors (Lipinski definition) is 2. The van der Waals surface area contributed by atoms with Crippen molar-refractivity contribution in [1.82, 2.24) is 0 Å². The summed E-state index contributed by atoms with van der Waals surface area (Å²) in [5.74, 6) is 7.04. The highest BCUT2D eigenvalue weighted by molar-refractivity contribution is 5.01. The van der Waals surface area contributed by atoms with Gasteiger partial charge >= 0.3 is 0 Å². The second-order valence-electron chi connectivity index (χ2n) is 37.4. The van der Waals surface area contributed by atoms with Gasteiger partial charge in [-0.3, -0.25) is 0 Å². The molecule has 3 unspecified atom stereocenters. The molecule has 0 bridgehead atoms. The molecule has 8 aliphatic carbocycles. The van der Waals surface area contributed by atoms with Crippen LogP contribution in [0, 0.1) is 96.1 Å². The van der Waals surface area contributed by atoms with Gasteiger partial charge in [0.25, 0.3) is 0 Å². The smallest absolute Gasteiger partial charge is 0.108 e. The number of allylic oxidation sites excluding steroid dienone is 2. The van der Waals surface area contributed by atoms with Gasteiger partial charge in [0.05, 0.1) is 6.10 Å². The highest BCUT2D eigenvalue weighted by Crippen LogP contribution is 2.58. The Morgan fingerprint density at radius 1 is 0.388 bits per heavy atom. The summed E-state index contributed by atoms with van der Waals surface area (Å²) >= 11 is 0. The molecule has 0 radical (unpaired) electrons. The highest BCUT2D eigenvalue weighted by Gasteiger charge is 2.51. The summed E-state index contributed by atoms with van der Waals surface area (Å²) in [6, 6.07) is 0. The molecule has 4 heteroatoms. The van der Waals surface area contributed by atoms with Crippen molar-refractivity contribution in [2.75, 3.05) is 6.61 Å². The lowest BCUT2D eigenvalue weighted by Gasteiger charge is -2.46. The number of rotatable bonds is 1. The van der Waals surface area contributed by atoms with Gasteiger partial charge in [-0.25, -0.2) is 8.78 Å². The van der Waals surface area contributed by atoms with E-state index in [1.165, 1.54) is 116 Å². The Bertz CT molecular complexity index is 1640. The van der Waals surface area contributed by atoms with Crippen molar-refractivity contribution in [2.24, 2.45) is 96.1 Å². The Balaban J connectivity index is 0.000000459. The van der Waals surface area contributed by atoms with Crippen LogP contribution >= 0.6 is 0 Å². The van der Waals surface area contributed by atoms with Crippen LogP contribution in [0.5, 0.6) is 0 Å². The van der Waals surface area contributed by atoms with E-state index >= 15 is 0 Å². The van der Waals surface area contributed by atoms with Crippen molar-refractivity contribution in [3.63, 3.8) is 0 Å². The number of aliphatic hydroxyl groups excluding tert-OH is 2. The third-order valence-corrected chi connectivity index (χ3v) is 21.8. The Hall–Kier alpha value is -0.480. The quantitative estimate of drug-likeness (QED) is 0.257. The molecule has 478 valence electrons. The molecule has 0 aromatic heterocycles. The fourth-order valence-corrected chi connectivity index (χ4v) is 14.0. The van der Waals surface area contributed by atoms with E-state index in [1.54, 1.807) is 13.8 Å². The van der Waals surface area contributed by atoms with Crippen molar-refractivity contribution in [3.8, 4) is 0 Å². The average molecular weight is 1130 g/mol. The summed E-state index contributed by atoms with van der Waals surface area (Å²) < 4.78 is 26.4. The number of alkyl halides is 2. The van der Waals surface area contributed by atoms with Crippen LogP contribution in [-0.2, 0) is 0 Å². The number of aliphatic hydroxyl groups is 2. The van der Waals surface area contributed by atoms with Crippen LogP contribution in [0.3, 0.4) is 0 Å². The van der Waals surface area contributed by atoms with Gasteiger partial charge in [0.1, 0.15) is 11.3 Å². The molecule has 2 N–H and O–H groups in total. The van der Waals surface area contributed by atoms with Crippen LogP contribution in [0.2, 0.25) is 0 Å². The minimum atomic E-state index is -0.873. The summed E-state index contributed by atoms with van der Waals surface area (Å²) in [4.78, 5) is 0. The lowest BCUT2D eigenvalue weighted by atomic mass is 9.62.